The minimum atomic E-state index is -0.320. The molecule has 0 aliphatic carbocycles. The number of amides is 1. The number of rotatable bonds is 2. The number of nitrogens with zero attached hydrogens (tertiary/aromatic N) is 2. The van der Waals surface area contributed by atoms with Gasteiger partial charge in [0.15, 0.2) is 5.82 Å². The van der Waals surface area contributed by atoms with Crippen molar-refractivity contribution in [3.8, 4) is 5.75 Å². The van der Waals surface area contributed by atoms with Crippen molar-refractivity contribution >= 4 is 11.7 Å². The van der Waals surface area contributed by atoms with Crippen LogP contribution < -0.4 is 5.32 Å². The molecule has 0 radical (unpaired) electrons. The number of anilines is 1. The van der Waals surface area contributed by atoms with Crippen LogP contribution in [0.3, 0.4) is 0 Å². The minimum Gasteiger partial charge on any atom is -0.508 e. The molecule has 1 heterocycles. The maximum Gasteiger partial charge on any atom is 0.257 e. The highest BCUT2D eigenvalue weighted by Gasteiger charge is 2.11. The van der Waals surface area contributed by atoms with Crippen LogP contribution in [0.1, 0.15) is 15.9 Å². The van der Waals surface area contributed by atoms with Crippen molar-refractivity contribution in [2.75, 3.05) is 5.32 Å². The maximum atomic E-state index is 11.9. The molecule has 0 aliphatic heterocycles. The summed E-state index contributed by atoms with van der Waals surface area (Å²) in [6.07, 6.45) is 4.47. The van der Waals surface area contributed by atoms with Gasteiger partial charge in [-0.1, -0.05) is 6.07 Å². The van der Waals surface area contributed by atoms with Crippen molar-refractivity contribution in [2.24, 2.45) is 0 Å². The molecule has 2 N–H and O–H groups in total. The molecule has 86 valence electrons. The Morgan fingerprint density at radius 1 is 1.35 bits per heavy atom. The normalized spacial score (nSPS) is 9.94. The van der Waals surface area contributed by atoms with Gasteiger partial charge >= 0.3 is 0 Å². The van der Waals surface area contributed by atoms with Gasteiger partial charge in [-0.3, -0.25) is 9.78 Å². The summed E-state index contributed by atoms with van der Waals surface area (Å²) < 4.78 is 0. The Hall–Kier alpha value is -2.43. The topological polar surface area (TPSA) is 75.1 Å². The maximum absolute atomic E-state index is 11.9. The second-order valence-corrected chi connectivity index (χ2v) is 3.49. The van der Waals surface area contributed by atoms with Crippen LogP contribution in [0.2, 0.25) is 0 Å². The van der Waals surface area contributed by atoms with Gasteiger partial charge in [-0.25, -0.2) is 4.98 Å². The lowest BCUT2D eigenvalue weighted by molar-refractivity contribution is 0.102. The average Bonchev–Trinajstić information content (AvgIpc) is 2.34. The molecular weight excluding hydrogens is 218 g/mol. The first-order valence-electron chi connectivity index (χ1n) is 5.04. The smallest absolute Gasteiger partial charge is 0.257 e. The third-order valence-corrected chi connectivity index (χ3v) is 2.35. The summed E-state index contributed by atoms with van der Waals surface area (Å²) in [5, 5.41) is 12.1. The Kier molecular flexibility index (Phi) is 3.00. The number of carbonyl (C=O) groups is 1. The van der Waals surface area contributed by atoms with Gasteiger partial charge in [-0.05, 0) is 19.1 Å². The van der Waals surface area contributed by atoms with Crippen LogP contribution in [0, 0.1) is 6.92 Å². The van der Waals surface area contributed by atoms with Crippen LogP contribution in [-0.4, -0.2) is 21.0 Å². The largest absolute Gasteiger partial charge is 0.508 e. The van der Waals surface area contributed by atoms with Crippen molar-refractivity contribution in [2.45, 2.75) is 6.92 Å². The Labute approximate surface area is 98.2 Å². The van der Waals surface area contributed by atoms with Crippen molar-refractivity contribution < 1.29 is 9.90 Å². The summed E-state index contributed by atoms with van der Waals surface area (Å²) in [5.41, 5.74) is 0.949. The molecule has 0 saturated carbocycles. The number of nitrogens with one attached hydrogen (secondary N) is 1. The zero-order valence-electron chi connectivity index (χ0n) is 9.21. The van der Waals surface area contributed by atoms with Crippen LogP contribution >= 0.6 is 0 Å². The van der Waals surface area contributed by atoms with Gasteiger partial charge in [0.05, 0.1) is 6.20 Å². The number of hydrogen-bond donors (Lipinski definition) is 2. The molecule has 0 atom stereocenters. The molecule has 0 spiro atoms. The lowest BCUT2D eigenvalue weighted by atomic mass is 10.1. The number of aromatic hydroxyl groups is 1. The van der Waals surface area contributed by atoms with Crippen LogP contribution in [0.15, 0.2) is 36.8 Å². The van der Waals surface area contributed by atoms with E-state index in [1.165, 1.54) is 24.7 Å². The number of benzene rings is 1. The van der Waals surface area contributed by atoms with Gasteiger partial charge in [0.2, 0.25) is 0 Å². The zero-order chi connectivity index (χ0) is 12.3. The van der Waals surface area contributed by atoms with E-state index in [1.54, 1.807) is 19.1 Å². The van der Waals surface area contributed by atoms with Crippen molar-refractivity contribution in [3.05, 3.63) is 47.9 Å². The molecule has 0 bridgehead atoms. The van der Waals surface area contributed by atoms with Gasteiger partial charge < -0.3 is 10.4 Å². The van der Waals surface area contributed by atoms with E-state index in [-0.39, 0.29) is 11.7 Å². The third-order valence-electron chi connectivity index (χ3n) is 2.35. The highest BCUT2D eigenvalue weighted by molar-refractivity contribution is 6.05. The fourth-order valence-corrected chi connectivity index (χ4v) is 1.42. The summed E-state index contributed by atoms with van der Waals surface area (Å²) in [6.45, 7) is 1.68. The molecule has 1 amide bonds. The van der Waals surface area contributed by atoms with Crippen LogP contribution in [0.4, 0.5) is 5.82 Å². The van der Waals surface area contributed by atoms with E-state index in [4.69, 9.17) is 0 Å². The quantitative estimate of drug-likeness (QED) is 0.822. The molecule has 2 aromatic rings. The van der Waals surface area contributed by atoms with Gasteiger partial charge in [0.1, 0.15) is 5.75 Å². The average molecular weight is 229 g/mol. The number of phenolic OH excluding ortho intramolecular Hbond substituents is 1. The highest BCUT2D eigenvalue weighted by atomic mass is 16.3. The summed E-state index contributed by atoms with van der Waals surface area (Å²) >= 11 is 0. The molecule has 0 unspecified atom stereocenters. The molecule has 5 nitrogen and oxygen atoms in total. The van der Waals surface area contributed by atoms with Crippen LogP contribution in [0.5, 0.6) is 5.75 Å². The molecule has 0 fully saturated rings. The van der Waals surface area contributed by atoms with Crippen molar-refractivity contribution in [1.29, 1.82) is 0 Å². The first-order valence-corrected chi connectivity index (χ1v) is 5.04. The highest BCUT2D eigenvalue weighted by Crippen LogP contribution is 2.20. The number of carbonyl (C=O) groups excluding carboxylic acids is 1. The molecule has 0 aliphatic rings. The molecule has 1 aromatic carbocycles. The minimum absolute atomic E-state index is 0.0943. The second-order valence-electron chi connectivity index (χ2n) is 3.49. The number of phenols is 1. The zero-order valence-corrected chi connectivity index (χ0v) is 9.21. The molecule has 2 rings (SSSR count). The lowest BCUT2D eigenvalue weighted by Gasteiger charge is -2.07. The summed E-state index contributed by atoms with van der Waals surface area (Å²) in [4.78, 5) is 19.7. The summed E-state index contributed by atoms with van der Waals surface area (Å²) in [5.74, 6) is 0.149. The van der Waals surface area contributed by atoms with Gasteiger partial charge in [-0.15, -0.1) is 0 Å². The number of aromatic nitrogens is 2. The van der Waals surface area contributed by atoms with E-state index in [0.717, 1.165) is 0 Å². The molecule has 0 saturated heterocycles. The van der Waals surface area contributed by atoms with E-state index in [1.807, 2.05) is 0 Å². The van der Waals surface area contributed by atoms with Crippen LogP contribution in [0.25, 0.3) is 0 Å². The second kappa shape index (κ2) is 4.61. The van der Waals surface area contributed by atoms with E-state index in [2.05, 4.69) is 15.3 Å². The monoisotopic (exact) mass is 229 g/mol. The Balaban J connectivity index is 2.24. The van der Waals surface area contributed by atoms with Gasteiger partial charge in [0.25, 0.3) is 5.91 Å². The SMILES string of the molecule is Cc1c(O)cccc1C(=O)Nc1cnccn1. The first-order chi connectivity index (χ1) is 8.18. The molecular formula is C12H11N3O2. The molecule has 1 aromatic heterocycles. The first kappa shape index (κ1) is 11.1. The van der Waals surface area contributed by atoms with E-state index >= 15 is 0 Å². The van der Waals surface area contributed by atoms with Gasteiger partial charge in [-0.2, -0.15) is 0 Å². The van der Waals surface area contributed by atoms with Crippen molar-refractivity contribution in [1.82, 2.24) is 9.97 Å². The van der Waals surface area contributed by atoms with E-state index in [0.29, 0.717) is 16.9 Å². The fraction of sp³-hybridized carbons (Fsp3) is 0.0833. The van der Waals surface area contributed by atoms with Crippen LogP contribution in [-0.2, 0) is 0 Å². The van der Waals surface area contributed by atoms with Crippen molar-refractivity contribution in [3.63, 3.8) is 0 Å². The number of hydrogen-bond acceptors (Lipinski definition) is 4. The Morgan fingerprint density at radius 3 is 2.88 bits per heavy atom. The molecule has 5 heteroatoms. The predicted octanol–water partition coefficient (Wildman–Crippen LogP) is 1.74. The molecule has 17 heavy (non-hydrogen) atoms. The lowest BCUT2D eigenvalue weighted by Crippen LogP contribution is -2.14. The fourth-order valence-electron chi connectivity index (χ4n) is 1.42. The third kappa shape index (κ3) is 2.39. The Morgan fingerprint density at radius 2 is 2.18 bits per heavy atom. The predicted molar refractivity (Wildman–Crippen MR) is 62.8 cm³/mol. The summed E-state index contributed by atoms with van der Waals surface area (Å²) in [7, 11) is 0. The standard InChI is InChI=1S/C12H11N3O2/c1-8-9(3-2-4-10(8)16)12(17)15-11-7-13-5-6-14-11/h2-7,16H,1H3,(H,14,15,17). The summed E-state index contributed by atoms with van der Waals surface area (Å²) in [6, 6.07) is 4.79. The van der Waals surface area contributed by atoms with E-state index in [9.17, 15) is 9.90 Å². The Bertz CT molecular complexity index is 541. The van der Waals surface area contributed by atoms with Gasteiger partial charge in [0, 0.05) is 23.5 Å². The van der Waals surface area contributed by atoms with E-state index < -0.39 is 0 Å².